The minimum atomic E-state index is -0.354. The minimum Gasteiger partial charge on any atom is -0.385 e. The Balaban J connectivity index is 1.82. The molecule has 2 atom stereocenters. The molecule has 2 N–H and O–H groups in total. The molecule has 2 rings (SSSR count). The largest absolute Gasteiger partial charge is 0.385 e. The molecule has 3 nitrogen and oxygen atoms in total. The molecule has 0 spiro atoms. The Hall–Kier alpha value is -0.900. The zero-order valence-electron chi connectivity index (χ0n) is 11.4. The average molecular weight is 250 g/mol. The van der Waals surface area contributed by atoms with Crippen LogP contribution in [-0.4, -0.2) is 37.0 Å². The minimum absolute atomic E-state index is 0.191. The third-order valence-electron chi connectivity index (χ3n) is 3.45. The summed E-state index contributed by atoms with van der Waals surface area (Å²) >= 11 is 0. The molecule has 0 bridgehead atoms. The van der Waals surface area contributed by atoms with Crippen LogP contribution in [-0.2, 0) is 17.7 Å². The molecule has 3 heteroatoms. The maximum Gasteiger partial charge on any atom is 0.126 e. The number of hydrogen-bond donors (Lipinski definition) is 2. The first-order chi connectivity index (χ1) is 8.65. The summed E-state index contributed by atoms with van der Waals surface area (Å²) in [5.74, 6) is 0. The molecule has 1 aliphatic rings. The number of aliphatic hydroxyl groups is 1. The van der Waals surface area contributed by atoms with Crippen LogP contribution in [0.25, 0.3) is 0 Å². The third-order valence-corrected chi connectivity index (χ3v) is 3.45. The fourth-order valence-corrected chi connectivity index (χ4v) is 2.51. The standard InChI is InChI=1S/C15H23NO2/c1-12(2)18-11-15(17)10-16-8-7-13-5-3-4-6-14(13)9-16/h3-6,12,15,17H,7-11H2,1-2H3/p+1/t15-/m1/s1. The van der Waals surface area contributed by atoms with Gasteiger partial charge in [0.15, 0.2) is 0 Å². The van der Waals surface area contributed by atoms with Crippen LogP contribution in [0.4, 0.5) is 0 Å². The predicted molar refractivity (Wildman–Crippen MR) is 71.6 cm³/mol. The smallest absolute Gasteiger partial charge is 0.126 e. The number of aliphatic hydroxyl groups excluding tert-OH is 1. The number of benzene rings is 1. The highest BCUT2D eigenvalue weighted by molar-refractivity contribution is 5.27. The second-order valence-corrected chi connectivity index (χ2v) is 5.44. The molecular weight excluding hydrogens is 226 g/mol. The van der Waals surface area contributed by atoms with Crippen molar-refractivity contribution in [1.82, 2.24) is 0 Å². The van der Waals surface area contributed by atoms with Gasteiger partial charge in [0.25, 0.3) is 0 Å². The van der Waals surface area contributed by atoms with Crippen molar-refractivity contribution >= 4 is 0 Å². The molecule has 0 saturated carbocycles. The molecule has 0 fully saturated rings. The number of fused-ring (bicyclic) bond motifs is 1. The monoisotopic (exact) mass is 250 g/mol. The predicted octanol–water partition coefficient (Wildman–Crippen LogP) is 0.414. The quantitative estimate of drug-likeness (QED) is 0.794. The Kier molecular flexibility index (Phi) is 4.75. The van der Waals surface area contributed by atoms with Crippen molar-refractivity contribution in [3.63, 3.8) is 0 Å². The molecule has 100 valence electrons. The molecule has 1 unspecified atom stereocenters. The Morgan fingerprint density at radius 1 is 1.28 bits per heavy atom. The first kappa shape index (κ1) is 13.5. The van der Waals surface area contributed by atoms with E-state index < -0.39 is 0 Å². The van der Waals surface area contributed by atoms with Gasteiger partial charge in [-0.1, -0.05) is 24.3 Å². The summed E-state index contributed by atoms with van der Waals surface area (Å²) in [5, 5.41) is 9.95. The summed E-state index contributed by atoms with van der Waals surface area (Å²) in [7, 11) is 0. The van der Waals surface area contributed by atoms with E-state index in [0.717, 1.165) is 26.1 Å². The summed E-state index contributed by atoms with van der Waals surface area (Å²) in [5.41, 5.74) is 2.89. The molecule has 0 aliphatic carbocycles. The van der Waals surface area contributed by atoms with E-state index in [-0.39, 0.29) is 12.2 Å². The summed E-state index contributed by atoms with van der Waals surface area (Å²) in [4.78, 5) is 1.45. The van der Waals surface area contributed by atoms with Crippen molar-refractivity contribution in [2.75, 3.05) is 19.7 Å². The molecule has 1 aromatic carbocycles. The van der Waals surface area contributed by atoms with Crippen molar-refractivity contribution in [2.45, 2.75) is 39.0 Å². The lowest BCUT2D eigenvalue weighted by atomic mass is 10.00. The van der Waals surface area contributed by atoms with E-state index in [0.29, 0.717) is 6.61 Å². The molecular formula is C15H24NO2+. The highest BCUT2D eigenvalue weighted by Crippen LogP contribution is 2.10. The molecule has 0 amide bonds. The van der Waals surface area contributed by atoms with Gasteiger partial charge in [0.1, 0.15) is 19.2 Å². The van der Waals surface area contributed by atoms with Crippen molar-refractivity contribution in [3.05, 3.63) is 35.4 Å². The molecule has 0 aromatic heterocycles. The second-order valence-electron chi connectivity index (χ2n) is 5.44. The molecule has 0 radical (unpaired) electrons. The van der Waals surface area contributed by atoms with Crippen molar-refractivity contribution in [1.29, 1.82) is 0 Å². The number of quaternary nitrogens is 1. The van der Waals surface area contributed by atoms with Crippen LogP contribution in [0.15, 0.2) is 24.3 Å². The van der Waals surface area contributed by atoms with E-state index in [4.69, 9.17) is 4.74 Å². The Morgan fingerprint density at radius 3 is 2.72 bits per heavy atom. The Morgan fingerprint density at radius 2 is 2.00 bits per heavy atom. The number of hydrogen-bond acceptors (Lipinski definition) is 2. The van der Waals surface area contributed by atoms with E-state index in [9.17, 15) is 5.11 Å². The third kappa shape index (κ3) is 3.80. The first-order valence-electron chi connectivity index (χ1n) is 6.85. The van der Waals surface area contributed by atoms with Crippen molar-refractivity contribution < 1.29 is 14.7 Å². The van der Waals surface area contributed by atoms with Crippen molar-refractivity contribution in [3.8, 4) is 0 Å². The van der Waals surface area contributed by atoms with E-state index in [1.807, 2.05) is 13.8 Å². The Labute approximate surface area is 109 Å². The fraction of sp³-hybridized carbons (Fsp3) is 0.600. The number of ether oxygens (including phenoxy) is 1. The van der Waals surface area contributed by atoms with E-state index >= 15 is 0 Å². The maximum absolute atomic E-state index is 9.95. The van der Waals surface area contributed by atoms with Crippen LogP contribution in [0.1, 0.15) is 25.0 Å². The Bertz CT molecular complexity index is 379. The van der Waals surface area contributed by atoms with Gasteiger partial charge in [-0.05, 0) is 19.4 Å². The zero-order chi connectivity index (χ0) is 13.0. The van der Waals surface area contributed by atoms with Crippen LogP contribution in [0, 0.1) is 0 Å². The lowest BCUT2D eigenvalue weighted by Crippen LogP contribution is -3.13. The fourth-order valence-electron chi connectivity index (χ4n) is 2.51. The lowest BCUT2D eigenvalue weighted by molar-refractivity contribution is -0.919. The molecule has 0 saturated heterocycles. The van der Waals surface area contributed by atoms with Crippen LogP contribution >= 0.6 is 0 Å². The topological polar surface area (TPSA) is 33.9 Å². The van der Waals surface area contributed by atoms with Crippen LogP contribution < -0.4 is 4.90 Å². The normalized spacial score (nSPS) is 20.8. The second kappa shape index (κ2) is 6.32. The van der Waals surface area contributed by atoms with Crippen LogP contribution in [0.3, 0.4) is 0 Å². The van der Waals surface area contributed by atoms with E-state index in [1.165, 1.54) is 16.0 Å². The molecule has 18 heavy (non-hydrogen) atoms. The summed E-state index contributed by atoms with van der Waals surface area (Å²) in [6, 6.07) is 8.62. The van der Waals surface area contributed by atoms with Gasteiger partial charge >= 0.3 is 0 Å². The molecule has 1 heterocycles. The molecule has 1 aromatic rings. The van der Waals surface area contributed by atoms with Crippen LogP contribution in [0.2, 0.25) is 0 Å². The summed E-state index contributed by atoms with van der Waals surface area (Å²) in [6.45, 7) is 7.35. The van der Waals surface area contributed by atoms with Crippen molar-refractivity contribution in [2.24, 2.45) is 0 Å². The van der Waals surface area contributed by atoms with Gasteiger partial charge in [-0.2, -0.15) is 0 Å². The van der Waals surface area contributed by atoms with Gasteiger partial charge in [0.2, 0.25) is 0 Å². The first-order valence-corrected chi connectivity index (χ1v) is 6.85. The van der Waals surface area contributed by atoms with Gasteiger partial charge in [-0.3, -0.25) is 0 Å². The SMILES string of the molecule is CC(C)OC[C@H](O)C[NH+]1CCc2ccccc2C1. The van der Waals surface area contributed by atoms with Gasteiger partial charge in [0, 0.05) is 12.0 Å². The average Bonchev–Trinajstić information content (AvgIpc) is 2.36. The van der Waals surface area contributed by atoms with Gasteiger partial charge in [-0.25, -0.2) is 0 Å². The molecule has 1 aliphatic heterocycles. The van der Waals surface area contributed by atoms with Gasteiger partial charge < -0.3 is 14.7 Å². The highest BCUT2D eigenvalue weighted by Gasteiger charge is 2.21. The summed E-state index contributed by atoms with van der Waals surface area (Å²) in [6.07, 6.45) is 0.952. The maximum atomic E-state index is 9.95. The number of rotatable bonds is 5. The highest BCUT2D eigenvalue weighted by atomic mass is 16.5. The van der Waals surface area contributed by atoms with E-state index in [1.54, 1.807) is 0 Å². The zero-order valence-corrected chi connectivity index (χ0v) is 11.4. The van der Waals surface area contributed by atoms with Gasteiger partial charge in [-0.15, -0.1) is 0 Å². The lowest BCUT2D eigenvalue weighted by Gasteiger charge is -2.27. The van der Waals surface area contributed by atoms with Gasteiger partial charge in [0.05, 0.1) is 19.3 Å². The van der Waals surface area contributed by atoms with Crippen LogP contribution in [0.5, 0.6) is 0 Å². The number of nitrogens with one attached hydrogen (secondary N) is 1. The summed E-state index contributed by atoms with van der Waals surface area (Å²) < 4.78 is 5.45. The van der Waals surface area contributed by atoms with E-state index in [2.05, 4.69) is 24.3 Å².